The Labute approximate surface area is 204 Å². The van der Waals surface area contributed by atoms with Gasteiger partial charge in [-0.1, -0.05) is 36.7 Å². The molecular weight excluding hydrogens is 464 g/mol. The smallest absolute Gasteiger partial charge is 0.235 e. The Balaban J connectivity index is 1.27. The van der Waals surface area contributed by atoms with Crippen molar-refractivity contribution in [1.82, 2.24) is 34.6 Å². The Morgan fingerprint density at radius 3 is 2.82 bits per heavy atom. The van der Waals surface area contributed by atoms with Crippen molar-refractivity contribution in [2.24, 2.45) is 18.7 Å². The van der Waals surface area contributed by atoms with E-state index >= 15 is 0 Å². The van der Waals surface area contributed by atoms with E-state index in [1.807, 2.05) is 31.7 Å². The second-order valence-electron chi connectivity index (χ2n) is 8.69. The van der Waals surface area contributed by atoms with Crippen molar-refractivity contribution in [3.05, 3.63) is 53.9 Å². The third-order valence-corrected chi connectivity index (χ3v) is 8.05. The predicted molar refractivity (Wildman–Crippen MR) is 135 cm³/mol. The quantitative estimate of drug-likeness (QED) is 0.364. The Hall–Kier alpha value is -3.24. The first-order valence-electron chi connectivity index (χ1n) is 11.4. The van der Waals surface area contributed by atoms with Crippen molar-refractivity contribution in [1.29, 1.82) is 0 Å². The Morgan fingerprint density at radius 1 is 1.12 bits per heavy atom. The number of nitrogens with two attached hydrogens (primary N) is 1. The number of allylic oxidation sites excluding steroid dienone is 1. The summed E-state index contributed by atoms with van der Waals surface area (Å²) in [6.07, 6.45) is 14.2. The lowest BCUT2D eigenvalue weighted by Crippen LogP contribution is -2.07. The summed E-state index contributed by atoms with van der Waals surface area (Å²) in [6.45, 7) is 0. The summed E-state index contributed by atoms with van der Waals surface area (Å²) in [5.41, 5.74) is 10.2. The third kappa shape index (κ3) is 4.19. The van der Waals surface area contributed by atoms with Crippen LogP contribution in [0.5, 0.6) is 0 Å². The molecule has 0 amide bonds. The number of nitrogens with zero attached hydrogens (tertiary/aromatic N) is 7. The molecule has 2 N–H and O–H groups in total. The van der Waals surface area contributed by atoms with E-state index in [2.05, 4.69) is 44.6 Å². The number of rotatable bonds is 5. The maximum Gasteiger partial charge on any atom is 0.235 e. The molecule has 5 aromatic rings. The van der Waals surface area contributed by atoms with Crippen molar-refractivity contribution in [3.8, 4) is 11.1 Å². The van der Waals surface area contributed by atoms with Crippen LogP contribution >= 0.6 is 23.1 Å². The number of pyridine rings is 1. The van der Waals surface area contributed by atoms with Gasteiger partial charge >= 0.3 is 0 Å². The van der Waals surface area contributed by atoms with Crippen LogP contribution in [0.25, 0.3) is 32.7 Å². The fraction of sp³-hybridized carbons (Fsp3) is 0.292. The average molecular weight is 489 g/mol. The molecule has 1 fully saturated rings. The van der Waals surface area contributed by atoms with Gasteiger partial charge in [-0.3, -0.25) is 9.67 Å². The van der Waals surface area contributed by atoms with E-state index in [0.29, 0.717) is 5.92 Å². The number of aryl methyl sites for hydroxylation is 1. The van der Waals surface area contributed by atoms with Gasteiger partial charge in [-0.25, -0.2) is 0 Å². The van der Waals surface area contributed by atoms with Gasteiger partial charge in [0.1, 0.15) is 0 Å². The van der Waals surface area contributed by atoms with Gasteiger partial charge in [0, 0.05) is 40.8 Å². The lowest BCUT2D eigenvalue weighted by molar-refractivity contribution is 0.420. The minimum absolute atomic E-state index is 0.555. The molecule has 0 bridgehead atoms. The van der Waals surface area contributed by atoms with Crippen molar-refractivity contribution >= 4 is 44.7 Å². The van der Waals surface area contributed by atoms with Gasteiger partial charge in [0.25, 0.3) is 0 Å². The molecule has 34 heavy (non-hydrogen) atoms. The molecule has 1 saturated carbocycles. The van der Waals surface area contributed by atoms with Crippen molar-refractivity contribution in [3.63, 3.8) is 0 Å². The minimum Gasteiger partial charge on any atom is -0.396 e. The molecule has 4 aromatic heterocycles. The van der Waals surface area contributed by atoms with E-state index in [9.17, 15) is 0 Å². The summed E-state index contributed by atoms with van der Waals surface area (Å²) >= 11 is 3.02. The fourth-order valence-corrected chi connectivity index (χ4v) is 6.07. The largest absolute Gasteiger partial charge is 0.396 e. The molecule has 8 nitrogen and oxygen atoms in total. The molecule has 0 saturated heterocycles. The summed E-state index contributed by atoms with van der Waals surface area (Å²) in [4.78, 5) is 6.41. The van der Waals surface area contributed by atoms with E-state index in [0.717, 1.165) is 47.7 Å². The maximum absolute atomic E-state index is 6.41. The second kappa shape index (κ2) is 8.84. The van der Waals surface area contributed by atoms with Crippen LogP contribution in [0.3, 0.4) is 0 Å². The normalized spacial score (nSPS) is 15.5. The van der Waals surface area contributed by atoms with Gasteiger partial charge in [0.2, 0.25) is 10.1 Å². The zero-order chi connectivity index (χ0) is 23.1. The highest BCUT2D eigenvalue weighted by atomic mass is 32.2. The molecule has 0 unspecified atom stereocenters. The lowest BCUT2D eigenvalue weighted by atomic mass is 9.89. The third-order valence-electron chi connectivity index (χ3n) is 6.17. The summed E-state index contributed by atoms with van der Waals surface area (Å²) < 4.78 is 3.59. The first-order chi connectivity index (χ1) is 16.6. The molecule has 1 aromatic carbocycles. The van der Waals surface area contributed by atoms with Gasteiger partial charge in [-0.05, 0) is 54.8 Å². The van der Waals surface area contributed by atoms with E-state index in [-0.39, 0.29) is 0 Å². The molecule has 0 atom stereocenters. The highest BCUT2D eigenvalue weighted by molar-refractivity contribution is 7.99. The Bertz CT molecular complexity index is 1510. The van der Waals surface area contributed by atoms with Crippen LogP contribution < -0.4 is 5.73 Å². The van der Waals surface area contributed by atoms with Crippen LogP contribution in [0, 0.1) is 5.92 Å². The molecule has 172 valence electrons. The average Bonchev–Trinajstić information content (AvgIpc) is 3.56. The molecule has 0 radical (unpaired) electrons. The lowest BCUT2D eigenvalue weighted by Gasteiger charge is -2.18. The summed E-state index contributed by atoms with van der Waals surface area (Å²) in [7, 11) is 1.91. The highest BCUT2D eigenvalue weighted by Gasteiger charge is 2.17. The predicted octanol–water partition coefficient (Wildman–Crippen LogP) is 5.17. The Morgan fingerprint density at radius 2 is 2.00 bits per heavy atom. The number of hydrogen-bond acceptors (Lipinski definition) is 8. The van der Waals surface area contributed by atoms with Crippen LogP contribution in [-0.2, 0) is 7.05 Å². The number of hydrogen-bond donors (Lipinski definition) is 1. The number of aromatic nitrogens is 7. The van der Waals surface area contributed by atoms with E-state index in [1.165, 1.54) is 55.2 Å². The van der Waals surface area contributed by atoms with Gasteiger partial charge in [-0.15, -0.1) is 10.2 Å². The molecule has 4 heterocycles. The second-order valence-corrected chi connectivity index (χ2v) is 10.7. The molecule has 1 aliphatic rings. The molecule has 10 heteroatoms. The monoisotopic (exact) mass is 488 g/mol. The first kappa shape index (κ1) is 21.3. The number of fused-ring (bicyclic) bond motifs is 2. The van der Waals surface area contributed by atoms with Crippen molar-refractivity contribution < 1.29 is 0 Å². The van der Waals surface area contributed by atoms with Crippen molar-refractivity contribution in [2.75, 3.05) is 0 Å². The van der Waals surface area contributed by atoms with Crippen LogP contribution in [0.1, 0.15) is 37.1 Å². The molecule has 1 aliphatic carbocycles. The molecule has 0 spiro atoms. The first-order valence-corrected chi connectivity index (χ1v) is 13.0. The van der Waals surface area contributed by atoms with E-state index in [4.69, 9.17) is 10.8 Å². The topological polar surface area (TPSA) is 99.8 Å². The van der Waals surface area contributed by atoms with Crippen LogP contribution in [0.4, 0.5) is 0 Å². The molecule has 0 aliphatic heterocycles. The van der Waals surface area contributed by atoms with Gasteiger partial charge < -0.3 is 5.73 Å². The van der Waals surface area contributed by atoms with Crippen LogP contribution in [0.15, 0.2) is 59.0 Å². The zero-order valence-corrected chi connectivity index (χ0v) is 20.4. The molecular formula is C24H24N8S2. The maximum atomic E-state index is 6.41. The number of benzene rings is 1. The van der Waals surface area contributed by atoms with Crippen molar-refractivity contribution in [2.45, 2.75) is 42.2 Å². The summed E-state index contributed by atoms with van der Waals surface area (Å²) in [5, 5.41) is 20.3. The standard InChI is InChI=1S/C24H24N8S2/c1-31-14-18(13-27-31)17-10-16-11-19(7-8-21(16)26-12-17)33-23-28-29-24-32(23)30-22(34-24)20(25)9-15-5-3-2-4-6-15/h7-15H,2-6,25H2,1H3/b20-9-. The summed E-state index contributed by atoms with van der Waals surface area (Å²) in [6, 6.07) is 8.34. The molecule has 6 rings (SSSR count). The van der Waals surface area contributed by atoms with Crippen LogP contribution in [-0.4, -0.2) is 34.6 Å². The fourth-order valence-electron chi connectivity index (χ4n) is 4.41. The Kier molecular flexibility index (Phi) is 5.54. The minimum atomic E-state index is 0.555. The highest BCUT2D eigenvalue weighted by Crippen LogP contribution is 2.32. The van der Waals surface area contributed by atoms with E-state index < -0.39 is 0 Å². The van der Waals surface area contributed by atoms with Crippen LogP contribution in [0.2, 0.25) is 0 Å². The van der Waals surface area contributed by atoms with E-state index in [1.54, 1.807) is 9.20 Å². The van der Waals surface area contributed by atoms with Gasteiger partial charge in [-0.2, -0.15) is 14.7 Å². The van der Waals surface area contributed by atoms with Gasteiger partial charge in [0.05, 0.1) is 17.4 Å². The zero-order valence-electron chi connectivity index (χ0n) is 18.8. The SMILES string of the molecule is Cn1cc(-c2cnc3ccc(Sc4nnc5sc(/C(N)=C/C6CCCCC6)nn45)cc3c2)cn1. The van der Waals surface area contributed by atoms with Gasteiger partial charge in [0.15, 0.2) is 5.01 Å². The summed E-state index contributed by atoms with van der Waals surface area (Å²) in [5.74, 6) is 0.555.